The van der Waals surface area contributed by atoms with E-state index in [0.29, 0.717) is 34.0 Å². The Morgan fingerprint density at radius 3 is 2.69 bits per heavy atom. The van der Waals surface area contributed by atoms with Gasteiger partial charge in [-0.05, 0) is 48.9 Å². The van der Waals surface area contributed by atoms with Gasteiger partial charge in [0, 0.05) is 30.2 Å². The van der Waals surface area contributed by atoms with E-state index in [2.05, 4.69) is 27.7 Å². The average Bonchev–Trinajstić information content (AvgIpc) is 3.05. The van der Waals surface area contributed by atoms with E-state index in [4.69, 9.17) is 16.3 Å². The molecule has 0 spiro atoms. The second kappa shape index (κ2) is 9.38. The van der Waals surface area contributed by atoms with Gasteiger partial charge in [0.25, 0.3) is 0 Å². The van der Waals surface area contributed by atoms with E-state index < -0.39 is 6.03 Å². The summed E-state index contributed by atoms with van der Waals surface area (Å²) in [6.45, 7) is 2.79. The number of hydrogen-bond donors (Lipinski definition) is 1. The Labute approximate surface area is 174 Å². The number of benzene rings is 2. The minimum absolute atomic E-state index is 0.334. The number of carbonyl (C=O) groups is 1. The number of nitrogens with zero attached hydrogens (tertiary/aromatic N) is 5. The SMILES string of the molecule is CCCCOc1ccc(NC(=O)n2nc(N=NN(C)C)c3ccc(Cl)cc32)cc1. The second-order valence-electron chi connectivity index (χ2n) is 6.59. The summed E-state index contributed by atoms with van der Waals surface area (Å²) in [5.74, 6) is 1.10. The number of rotatable bonds is 7. The van der Waals surface area contributed by atoms with Crippen LogP contribution >= 0.6 is 11.6 Å². The lowest BCUT2D eigenvalue weighted by Gasteiger charge is -2.08. The van der Waals surface area contributed by atoms with E-state index in [1.54, 1.807) is 49.4 Å². The van der Waals surface area contributed by atoms with Gasteiger partial charge in [-0.3, -0.25) is 5.01 Å². The summed E-state index contributed by atoms with van der Waals surface area (Å²) < 4.78 is 6.87. The molecule has 9 heteroatoms. The molecule has 0 aliphatic rings. The number of halogens is 1. The standard InChI is InChI=1S/C20H23ClN6O2/c1-4-5-12-29-16-9-7-15(8-10-16)22-20(28)27-18-13-14(21)6-11-17(18)19(24-27)23-25-26(2)3/h6-11,13H,4-5,12H2,1-3H3,(H,22,28). The Bertz CT molecular complexity index is 1010. The Hall–Kier alpha value is -3.13. The van der Waals surface area contributed by atoms with Crippen molar-refractivity contribution in [3.05, 3.63) is 47.5 Å². The fraction of sp³-hybridized carbons (Fsp3) is 0.300. The largest absolute Gasteiger partial charge is 0.494 e. The molecule has 0 saturated heterocycles. The van der Waals surface area contributed by atoms with Crippen molar-refractivity contribution >= 4 is 40.0 Å². The first-order valence-electron chi connectivity index (χ1n) is 9.29. The van der Waals surface area contributed by atoms with E-state index in [1.165, 1.54) is 4.68 Å². The van der Waals surface area contributed by atoms with Crippen molar-refractivity contribution in [2.24, 2.45) is 10.3 Å². The lowest BCUT2D eigenvalue weighted by Crippen LogP contribution is -2.20. The lowest BCUT2D eigenvalue weighted by molar-refractivity contribution is 0.252. The van der Waals surface area contributed by atoms with Gasteiger partial charge in [-0.25, -0.2) is 4.79 Å². The smallest absolute Gasteiger partial charge is 0.347 e. The van der Waals surface area contributed by atoms with Gasteiger partial charge >= 0.3 is 6.03 Å². The summed E-state index contributed by atoms with van der Waals surface area (Å²) in [4.78, 5) is 12.8. The van der Waals surface area contributed by atoms with Crippen LogP contribution in [0.5, 0.6) is 5.75 Å². The van der Waals surface area contributed by atoms with Crippen LogP contribution in [-0.4, -0.2) is 41.5 Å². The fourth-order valence-corrected chi connectivity index (χ4v) is 2.74. The highest BCUT2D eigenvalue weighted by atomic mass is 35.5. The average molecular weight is 415 g/mol. The Balaban J connectivity index is 1.82. The molecule has 0 unspecified atom stereocenters. The predicted octanol–water partition coefficient (Wildman–Crippen LogP) is 5.51. The van der Waals surface area contributed by atoms with Crippen molar-refractivity contribution in [3.63, 3.8) is 0 Å². The number of aromatic nitrogens is 2. The van der Waals surface area contributed by atoms with Crippen LogP contribution in [0, 0.1) is 0 Å². The maximum Gasteiger partial charge on any atom is 0.347 e. The number of hydrogen-bond acceptors (Lipinski definition) is 5. The third kappa shape index (κ3) is 5.23. The van der Waals surface area contributed by atoms with Crippen molar-refractivity contribution in [1.82, 2.24) is 14.8 Å². The molecule has 0 atom stereocenters. The van der Waals surface area contributed by atoms with E-state index in [1.807, 2.05) is 12.1 Å². The number of nitrogens with one attached hydrogen (secondary N) is 1. The van der Waals surface area contributed by atoms with Crippen LogP contribution in [0.1, 0.15) is 19.8 Å². The summed E-state index contributed by atoms with van der Waals surface area (Å²) in [6, 6.07) is 11.9. The molecule has 0 aliphatic heterocycles. The summed E-state index contributed by atoms with van der Waals surface area (Å²) in [5, 5.41) is 17.9. The van der Waals surface area contributed by atoms with Gasteiger partial charge in [0.15, 0.2) is 0 Å². The van der Waals surface area contributed by atoms with Crippen LogP contribution in [-0.2, 0) is 0 Å². The molecule has 8 nitrogen and oxygen atoms in total. The van der Waals surface area contributed by atoms with Crippen LogP contribution in [0.2, 0.25) is 5.02 Å². The summed E-state index contributed by atoms with van der Waals surface area (Å²) in [6.07, 6.45) is 2.08. The molecule has 29 heavy (non-hydrogen) atoms. The molecule has 0 saturated carbocycles. The molecule has 1 aromatic heterocycles. The molecule has 0 radical (unpaired) electrons. The summed E-state index contributed by atoms with van der Waals surface area (Å²) >= 11 is 6.11. The molecular weight excluding hydrogens is 392 g/mol. The highest BCUT2D eigenvalue weighted by Crippen LogP contribution is 2.28. The van der Waals surface area contributed by atoms with E-state index >= 15 is 0 Å². The van der Waals surface area contributed by atoms with Crippen LogP contribution in [0.25, 0.3) is 10.9 Å². The van der Waals surface area contributed by atoms with Crippen molar-refractivity contribution in [1.29, 1.82) is 0 Å². The number of ether oxygens (including phenoxy) is 1. The minimum Gasteiger partial charge on any atom is -0.494 e. The zero-order valence-corrected chi connectivity index (χ0v) is 17.3. The van der Waals surface area contributed by atoms with Gasteiger partial charge in [-0.15, -0.1) is 10.2 Å². The summed E-state index contributed by atoms with van der Waals surface area (Å²) in [7, 11) is 3.50. The molecule has 152 valence electrons. The molecule has 3 aromatic rings. The lowest BCUT2D eigenvalue weighted by atomic mass is 10.2. The van der Waals surface area contributed by atoms with E-state index in [-0.39, 0.29) is 0 Å². The second-order valence-corrected chi connectivity index (χ2v) is 7.03. The normalized spacial score (nSPS) is 11.2. The fourth-order valence-electron chi connectivity index (χ4n) is 2.58. The maximum atomic E-state index is 12.8. The molecule has 0 aliphatic carbocycles. The van der Waals surface area contributed by atoms with Crippen molar-refractivity contribution in [2.75, 3.05) is 26.0 Å². The highest BCUT2D eigenvalue weighted by molar-refractivity contribution is 6.31. The Morgan fingerprint density at radius 1 is 1.24 bits per heavy atom. The predicted molar refractivity (Wildman–Crippen MR) is 114 cm³/mol. The Kier molecular flexibility index (Phi) is 6.66. The molecule has 0 fully saturated rings. The third-order valence-corrected chi connectivity index (χ3v) is 4.24. The number of amides is 1. The first-order valence-corrected chi connectivity index (χ1v) is 9.67. The van der Waals surface area contributed by atoms with Crippen LogP contribution in [0.3, 0.4) is 0 Å². The number of carbonyl (C=O) groups excluding carboxylic acids is 1. The van der Waals surface area contributed by atoms with Gasteiger partial charge < -0.3 is 10.1 Å². The van der Waals surface area contributed by atoms with Gasteiger partial charge in [0.2, 0.25) is 5.82 Å². The summed E-state index contributed by atoms with van der Waals surface area (Å²) in [5.41, 5.74) is 1.17. The minimum atomic E-state index is -0.428. The molecule has 2 aromatic carbocycles. The number of anilines is 1. The van der Waals surface area contributed by atoms with Crippen molar-refractivity contribution in [2.45, 2.75) is 19.8 Å². The molecule has 1 amide bonds. The van der Waals surface area contributed by atoms with Gasteiger partial charge in [0.1, 0.15) is 5.75 Å². The van der Waals surface area contributed by atoms with Crippen LogP contribution < -0.4 is 10.1 Å². The maximum absolute atomic E-state index is 12.8. The van der Waals surface area contributed by atoms with Gasteiger partial charge in [-0.1, -0.05) is 30.2 Å². The number of unbranched alkanes of at least 4 members (excludes halogenated alkanes) is 1. The first-order chi connectivity index (χ1) is 14.0. The van der Waals surface area contributed by atoms with Crippen LogP contribution in [0.15, 0.2) is 52.8 Å². The van der Waals surface area contributed by atoms with E-state index in [9.17, 15) is 4.79 Å². The van der Waals surface area contributed by atoms with Crippen LogP contribution in [0.4, 0.5) is 16.3 Å². The molecule has 3 rings (SSSR count). The monoisotopic (exact) mass is 414 g/mol. The van der Waals surface area contributed by atoms with E-state index in [0.717, 1.165) is 18.6 Å². The zero-order chi connectivity index (χ0) is 20.8. The Morgan fingerprint density at radius 2 is 2.00 bits per heavy atom. The first kappa shape index (κ1) is 20.6. The van der Waals surface area contributed by atoms with Crippen molar-refractivity contribution in [3.8, 4) is 5.75 Å². The molecular formula is C20H23ClN6O2. The van der Waals surface area contributed by atoms with Crippen molar-refractivity contribution < 1.29 is 9.53 Å². The molecule has 1 N–H and O–H groups in total. The molecule has 1 heterocycles. The zero-order valence-electron chi connectivity index (χ0n) is 16.6. The molecule has 0 bridgehead atoms. The quantitative estimate of drug-likeness (QED) is 0.314. The van der Waals surface area contributed by atoms with Gasteiger partial charge in [0.05, 0.1) is 12.1 Å². The third-order valence-electron chi connectivity index (χ3n) is 4.01. The van der Waals surface area contributed by atoms with Gasteiger partial charge in [-0.2, -0.15) is 4.68 Å². The highest BCUT2D eigenvalue weighted by Gasteiger charge is 2.16. The topological polar surface area (TPSA) is 84.1 Å². The number of fused-ring (bicyclic) bond motifs is 1.